The van der Waals surface area contributed by atoms with Crippen LogP contribution >= 0.6 is 0 Å². The van der Waals surface area contributed by atoms with E-state index < -0.39 is 0 Å². The molecule has 2 rings (SSSR count). The van der Waals surface area contributed by atoms with Crippen LogP contribution in [0.4, 0.5) is 0 Å². The lowest BCUT2D eigenvalue weighted by molar-refractivity contribution is -0.890. The Morgan fingerprint density at radius 2 is 0.451 bits per heavy atom. The highest BCUT2D eigenvalue weighted by Crippen LogP contribution is 2.17. The van der Waals surface area contributed by atoms with E-state index in [1.165, 1.54) is 247 Å². The molecule has 0 unspecified atom stereocenters. The summed E-state index contributed by atoms with van der Waals surface area (Å²) in [6.45, 7) is 2.75. The fraction of sp³-hybridized carbons (Fsp3) is 0.760. The fourth-order valence-electron chi connectivity index (χ4n) is 8.09. The van der Waals surface area contributed by atoms with E-state index in [1.807, 2.05) is 0 Å². The van der Waals surface area contributed by atoms with Crippen molar-refractivity contribution in [1.82, 2.24) is 0 Å². The van der Waals surface area contributed by atoms with Crippen molar-refractivity contribution in [2.75, 3.05) is 27.2 Å². The van der Waals surface area contributed by atoms with Crippen LogP contribution in [-0.4, -0.2) is 31.7 Å². The van der Waals surface area contributed by atoms with Crippen LogP contribution in [0, 0.1) is 0 Å². The maximum Gasteiger partial charge on any atom is 0.0782 e. The normalized spacial score (nSPS) is 11.8. The van der Waals surface area contributed by atoms with E-state index in [2.05, 4.69) is 74.8 Å². The monoisotopic (exact) mass is 703 g/mol. The molecule has 0 aromatic heterocycles. The van der Waals surface area contributed by atoms with Crippen LogP contribution in [0.1, 0.15) is 217 Å². The average molecular weight is 703 g/mol. The maximum absolute atomic E-state index is 2.47. The second-order valence-electron chi connectivity index (χ2n) is 17.2. The van der Waals surface area contributed by atoms with Gasteiger partial charge in [-0.05, 0) is 62.5 Å². The summed E-state index contributed by atoms with van der Waals surface area (Å²) in [4.78, 5) is 0. The van der Waals surface area contributed by atoms with Crippen molar-refractivity contribution in [1.29, 1.82) is 0 Å². The molecule has 0 aliphatic rings. The molecule has 0 amide bonds. The van der Waals surface area contributed by atoms with Gasteiger partial charge in [-0.15, -0.1) is 0 Å². The zero-order chi connectivity index (χ0) is 36.2. The lowest BCUT2D eigenvalue weighted by Gasteiger charge is -2.30. The molecule has 0 heterocycles. The molecule has 51 heavy (non-hydrogen) atoms. The summed E-state index contributed by atoms with van der Waals surface area (Å²) in [6.07, 6.45) is 48.9. The predicted molar refractivity (Wildman–Crippen MR) is 230 cm³/mol. The first-order chi connectivity index (χ1) is 25.2. The minimum atomic E-state index is 1.24. The van der Waals surface area contributed by atoms with Crippen molar-refractivity contribution >= 4 is 0 Å². The van der Waals surface area contributed by atoms with Crippen molar-refractivity contribution < 1.29 is 4.48 Å². The molecule has 292 valence electrons. The molecule has 0 bridgehead atoms. The van der Waals surface area contributed by atoms with E-state index in [1.54, 1.807) is 0 Å². The van der Waals surface area contributed by atoms with Crippen LogP contribution in [0.15, 0.2) is 60.7 Å². The van der Waals surface area contributed by atoms with Gasteiger partial charge in [0, 0.05) is 0 Å². The summed E-state index contributed by atoms with van der Waals surface area (Å²) in [7, 11) is 4.95. The van der Waals surface area contributed by atoms with Gasteiger partial charge in [0.2, 0.25) is 0 Å². The number of rotatable bonds is 38. The highest BCUT2D eigenvalue weighted by atomic mass is 15.3. The summed E-state index contributed by atoms with van der Waals surface area (Å²) >= 11 is 0. The number of aryl methyl sites for hydroxylation is 2. The molecule has 1 heteroatoms. The Kier molecular flexibility index (Phi) is 30.5. The minimum Gasteiger partial charge on any atom is -0.328 e. The van der Waals surface area contributed by atoms with Gasteiger partial charge in [0.25, 0.3) is 0 Å². The van der Waals surface area contributed by atoms with E-state index in [4.69, 9.17) is 0 Å². The second-order valence-corrected chi connectivity index (χ2v) is 17.2. The Balaban J connectivity index is 1.19. The van der Waals surface area contributed by atoms with Crippen LogP contribution < -0.4 is 0 Å². The van der Waals surface area contributed by atoms with Gasteiger partial charge in [-0.25, -0.2) is 0 Å². The lowest BCUT2D eigenvalue weighted by atomic mass is 10.0. The molecule has 0 radical (unpaired) electrons. The van der Waals surface area contributed by atoms with Crippen LogP contribution in [0.3, 0.4) is 0 Å². The summed E-state index contributed by atoms with van der Waals surface area (Å²) < 4.78 is 1.24. The molecule has 0 saturated carbocycles. The molecule has 2 aromatic carbocycles. The second kappa shape index (κ2) is 34.2. The Morgan fingerprint density at radius 1 is 0.255 bits per heavy atom. The SMILES string of the molecule is C[N+](C)(CCCCCCCCCCCCCCCCCCc1ccccc1)CCCCCCCCCCCCCCCCCCc1ccccc1. The Hall–Kier alpha value is -1.60. The summed E-state index contributed by atoms with van der Waals surface area (Å²) in [5.74, 6) is 0. The van der Waals surface area contributed by atoms with Gasteiger partial charge in [-0.2, -0.15) is 0 Å². The number of unbranched alkanes of at least 4 members (excludes halogenated alkanes) is 30. The van der Waals surface area contributed by atoms with Crippen LogP contribution in [0.5, 0.6) is 0 Å². The van der Waals surface area contributed by atoms with E-state index >= 15 is 0 Å². The molecule has 0 spiro atoms. The van der Waals surface area contributed by atoms with Gasteiger partial charge < -0.3 is 4.48 Å². The standard InChI is InChI=1S/C50H88N/c1-51(2,47-39-29-25-21-17-13-9-5-3-7-11-15-19-23-27-33-41-49-43-35-31-36-44-49)48-40-30-26-22-18-14-10-6-4-8-12-16-20-24-28-34-42-50-45-37-32-38-46-50/h31-32,35-38,43-46H,3-30,33-34,39-42,47-48H2,1-2H3/q+1. The minimum absolute atomic E-state index is 1.24. The average Bonchev–Trinajstić information content (AvgIpc) is 3.14. The van der Waals surface area contributed by atoms with E-state index in [-0.39, 0.29) is 0 Å². The van der Waals surface area contributed by atoms with Crippen LogP contribution in [-0.2, 0) is 12.8 Å². The molecule has 0 fully saturated rings. The summed E-state index contributed by atoms with van der Waals surface area (Å²) in [6, 6.07) is 22.0. The first-order valence-corrected chi connectivity index (χ1v) is 23.1. The quantitative estimate of drug-likeness (QED) is 0.0483. The first-order valence-electron chi connectivity index (χ1n) is 23.1. The molecule has 0 N–H and O–H groups in total. The number of hydrogen-bond donors (Lipinski definition) is 0. The molecular weight excluding hydrogens is 615 g/mol. The zero-order valence-corrected chi connectivity index (χ0v) is 34.7. The highest BCUT2D eigenvalue weighted by Gasteiger charge is 2.13. The number of hydrogen-bond acceptors (Lipinski definition) is 0. The van der Waals surface area contributed by atoms with Crippen molar-refractivity contribution in [3.63, 3.8) is 0 Å². The van der Waals surface area contributed by atoms with Gasteiger partial charge >= 0.3 is 0 Å². The number of nitrogens with zero attached hydrogens (tertiary/aromatic N) is 1. The third-order valence-corrected chi connectivity index (χ3v) is 11.6. The van der Waals surface area contributed by atoms with Crippen molar-refractivity contribution in [3.05, 3.63) is 71.8 Å². The predicted octanol–water partition coefficient (Wildman–Crippen LogP) is 16.0. The van der Waals surface area contributed by atoms with Gasteiger partial charge in [0.1, 0.15) is 0 Å². The van der Waals surface area contributed by atoms with E-state index in [0.29, 0.717) is 0 Å². The smallest absolute Gasteiger partial charge is 0.0782 e. The topological polar surface area (TPSA) is 0 Å². The van der Waals surface area contributed by atoms with Gasteiger partial charge in [-0.3, -0.25) is 0 Å². The third kappa shape index (κ3) is 30.6. The molecule has 0 saturated heterocycles. The third-order valence-electron chi connectivity index (χ3n) is 11.6. The number of benzene rings is 2. The highest BCUT2D eigenvalue weighted by molar-refractivity contribution is 5.15. The van der Waals surface area contributed by atoms with E-state index in [0.717, 1.165) is 0 Å². The number of quaternary nitrogens is 1. The van der Waals surface area contributed by atoms with Crippen molar-refractivity contribution in [3.8, 4) is 0 Å². The first kappa shape index (κ1) is 45.6. The van der Waals surface area contributed by atoms with Crippen molar-refractivity contribution in [2.45, 2.75) is 218 Å². The molecular formula is C50H88N+. The molecule has 0 atom stereocenters. The molecule has 0 aliphatic heterocycles. The van der Waals surface area contributed by atoms with Gasteiger partial charge in [0.15, 0.2) is 0 Å². The summed E-state index contributed by atoms with van der Waals surface area (Å²) in [5.41, 5.74) is 3.01. The van der Waals surface area contributed by atoms with Crippen LogP contribution in [0.25, 0.3) is 0 Å². The van der Waals surface area contributed by atoms with Gasteiger partial charge in [-0.1, -0.05) is 228 Å². The lowest BCUT2D eigenvalue weighted by Crippen LogP contribution is -2.41. The summed E-state index contributed by atoms with van der Waals surface area (Å²) in [5, 5.41) is 0. The van der Waals surface area contributed by atoms with Crippen molar-refractivity contribution in [2.24, 2.45) is 0 Å². The van der Waals surface area contributed by atoms with E-state index in [9.17, 15) is 0 Å². The maximum atomic E-state index is 2.47. The Morgan fingerprint density at radius 3 is 0.686 bits per heavy atom. The zero-order valence-electron chi connectivity index (χ0n) is 34.7. The fourth-order valence-corrected chi connectivity index (χ4v) is 8.09. The van der Waals surface area contributed by atoms with Gasteiger partial charge in [0.05, 0.1) is 27.2 Å². The Bertz CT molecular complexity index is 872. The largest absolute Gasteiger partial charge is 0.328 e. The van der Waals surface area contributed by atoms with Crippen LogP contribution in [0.2, 0.25) is 0 Å². The molecule has 1 nitrogen and oxygen atoms in total. The molecule has 0 aliphatic carbocycles. The molecule has 2 aromatic rings. The Labute approximate surface area is 320 Å².